The van der Waals surface area contributed by atoms with Gasteiger partial charge in [-0.1, -0.05) is 11.3 Å². The molecular weight excluding hydrogens is 329 g/mol. The van der Waals surface area contributed by atoms with Crippen molar-refractivity contribution in [3.63, 3.8) is 0 Å². The second-order valence-corrected chi connectivity index (χ2v) is 6.86. The van der Waals surface area contributed by atoms with Gasteiger partial charge in [-0.15, -0.1) is 0 Å². The van der Waals surface area contributed by atoms with Gasteiger partial charge in [-0.3, -0.25) is 9.69 Å². The molecule has 0 radical (unpaired) electrons. The lowest BCUT2D eigenvalue weighted by Gasteiger charge is -2.19. The summed E-state index contributed by atoms with van der Waals surface area (Å²) >= 11 is 1.31. The molecule has 0 aliphatic heterocycles. The third-order valence-corrected chi connectivity index (χ3v) is 4.65. The first kappa shape index (κ1) is 16.6. The molecule has 126 valence electrons. The fourth-order valence-electron chi connectivity index (χ4n) is 2.41. The predicted molar refractivity (Wildman–Crippen MR) is 92.3 cm³/mol. The number of thiazole rings is 1. The van der Waals surface area contributed by atoms with Crippen LogP contribution in [-0.2, 0) is 0 Å². The number of furan rings is 1. The number of anilines is 1. The van der Waals surface area contributed by atoms with E-state index >= 15 is 0 Å². The average molecular weight is 348 g/mol. The van der Waals surface area contributed by atoms with E-state index in [1.807, 2.05) is 0 Å². The number of nitrogens with one attached hydrogen (secondary N) is 1. The molecule has 1 N–H and O–H groups in total. The van der Waals surface area contributed by atoms with Crippen LogP contribution in [0.4, 0.5) is 9.52 Å². The van der Waals surface area contributed by atoms with E-state index in [0.717, 1.165) is 17.7 Å². The fourth-order valence-corrected chi connectivity index (χ4v) is 3.42. The zero-order valence-electron chi connectivity index (χ0n) is 13.6. The predicted octanol–water partition coefficient (Wildman–Crippen LogP) is 2.21. The molecule has 0 atom stereocenters. The maximum atomic E-state index is 13.4. The molecule has 1 aromatic carbocycles. The van der Waals surface area contributed by atoms with Crippen LogP contribution in [0.15, 0.2) is 41.0 Å². The quantitative estimate of drug-likeness (QED) is 0.743. The number of carbonyl (C=O) groups excluding carboxylic acids is 1. The summed E-state index contributed by atoms with van der Waals surface area (Å²) in [7, 11) is 4.14. The largest absolute Gasteiger partial charge is 0.459 e. The number of halogens is 1. The molecular formula is C17H19FN3O2S+. The summed E-state index contributed by atoms with van der Waals surface area (Å²) in [6.45, 7) is 1.47. The van der Waals surface area contributed by atoms with Gasteiger partial charge in [0.25, 0.3) is 5.91 Å². The van der Waals surface area contributed by atoms with Crippen molar-refractivity contribution in [2.24, 2.45) is 0 Å². The standard InChI is InChI=1S/C17H18FN3O2S/c1-20(2)8-4-9-21(16(22)14-5-3-10-23-14)17-19-13-7-6-12(18)11-15(13)24-17/h3,5-7,10-11H,4,8-9H2,1-2H3/p+1. The van der Waals surface area contributed by atoms with Crippen molar-refractivity contribution in [2.45, 2.75) is 6.42 Å². The van der Waals surface area contributed by atoms with Crippen molar-refractivity contribution >= 4 is 32.6 Å². The average Bonchev–Trinajstić information content (AvgIpc) is 3.19. The molecule has 0 aliphatic carbocycles. The summed E-state index contributed by atoms with van der Waals surface area (Å²) in [6.07, 6.45) is 2.31. The molecule has 5 nitrogen and oxygen atoms in total. The molecule has 2 heterocycles. The summed E-state index contributed by atoms with van der Waals surface area (Å²) < 4.78 is 19.4. The Labute approximate surface area is 143 Å². The molecule has 0 unspecified atom stereocenters. The Hall–Kier alpha value is -2.25. The first-order chi connectivity index (χ1) is 11.5. The highest BCUT2D eigenvalue weighted by Crippen LogP contribution is 2.30. The van der Waals surface area contributed by atoms with Crippen LogP contribution >= 0.6 is 11.3 Å². The summed E-state index contributed by atoms with van der Waals surface area (Å²) in [5.74, 6) is -0.260. The van der Waals surface area contributed by atoms with Crippen LogP contribution in [0.5, 0.6) is 0 Å². The molecule has 0 bridgehead atoms. The normalized spacial score (nSPS) is 11.3. The van der Waals surface area contributed by atoms with Gasteiger partial charge in [0.2, 0.25) is 0 Å². The molecule has 24 heavy (non-hydrogen) atoms. The number of aromatic nitrogens is 1. The minimum absolute atomic E-state index is 0.228. The number of carbonyl (C=O) groups is 1. The monoisotopic (exact) mass is 348 g/mol. The number of hydrogen-bond donors (Lipinski definition) is 1. The van der Waals surface area contributed by atoms with Gasteiger partial charge < -0.3 is 9.32 Å². The Kier molecular flexibility index (Phi) is 4.92. The molecule has 0 saturated carbocycles. The van der Waals surface area contributed by atoms with Gasteiger partial charge in [-0.2, -0.15) is 0 Å². The molecule has 3 aromatic rings. The van der Waals surface area contributed by atoms with E-state index in [0.29, 0.717) is 17.2 Å². The highest BCUT2D eigenvalue weighted by atomic mass is 32.1. The first-order valence-corrected chi connectivity index (χ1v) is 8.57. The zero-order chi connectivity index (χ0) is 17.1. The van der Waals surface area contributed by atoms with Crippen LogP contribution in [0.2, 0.25) is 0 Å². The molecule has 7 heteroatoms. The van der Waals surface area contributed by atoms with E-state index in [1.54, 1.807) is 23.1 Å². The minimum Gasteiger partial charge on any atom is -0.459 e. The van der Waals surface area contributed by atoms with E-state index in [2.05, 4.69) is 19.1 Å². The maximum absolute atomic E-state index is 13.4. The summed E-state index contributed by atoms with van der Waals surface area (Å²) in [5.41, 5.74) is 0.687. The number of benzene rings is 1. The molecule has 2 aromatic heterocycles. The Balaban J connectivity index is 1.91. The van der Waals surface area contributed by atoms with Gasteiger partial charge in [0, 0.05) is 13.0 Å². The van der Waals surface area contributed by atoms with Gasteiger partial charge in [-0.05, 0) is 30.3 Å². The van der Waals surface area contributed by atoms with Gasteiger partial charge in [0.15, 0.2) is 10.9 Å². The van der Waals surface area contributed by atoms with E-state index in [1.165, 1.54) is 34.6 Å². The lowest BCUT2D eigenvalue weighted by molar-refractivity contribution is -0.858. The summed E-state index contributed by atoms with van der Waals surface area (Å²) in [5, 5.41) is 0.561. The molecule has 3 rings (SSSR count). The lowest BCUT2D eigenvalue weighted by atomic mass is 10.3. The van der Waals surface area contributed by atoms with Crippen molar-refractivity contribution in [2.75, 3.05) is 32.1 Å². The molecule has 0 spiro atoms. The Morgan fingerprint density at radius 2 is 2.21 bits per heavy atom. The number of fused-ring (bicyclic) bond motifs is 1. The van der Waals surface area contributed by atoms with Crippen LogP contribution in [0.3, 0.4) is 0 Å². The second kappa shape index (κ2) is 7.11. The first-order valence-electron chi connectivity index (χ1n) is 7.75. The molecule has 1 amide bonds. The van der Waals surface area contributed by atoms with Crippen LogP contribution in [0, 0.1) is 5.82 Å². The number of nitrogens with zero attached hydrogens (tertiary/aromatic N) is 2. The maximum Gasteiger partial charge on any atom is 0.295 e. The van der Waals surface area contributed by atoms with E-state index < -0.39 is 0 Å². The van der Waals surface area contributed by atoms with Gasteiger partial charge in [-0.25, -0.2) is 9.37 Å². The molecule has 0 fully saturated rings. The molecule has 0 saturated heterocycles. The SMILES string of the molecule is C[NH+](C)CCCN(C(=O)c1ccco1)c1nc2ccc(F)cc2s1. The number of amides is 1. The van der Waals surface area contributed by atoms with E-state index in [9.17, 15) is 9.18 Å². The Morgan fingerprint density at radius 3 is 2.92 bits per heavy atom. The number of rotatable bonds is 6. The van der Waals surface area contributed by atoms with E-state index in [-0.39, 0.29) is 17.5 Å². The van der Waals surface area contributed by atoms with E-state index in [4.69, 9.17) is 4.42 Å². The van der Waals surface area contributed by atoms with Gasteiger partial charge in [0.05, 0.1) is 37.1 Å². The topological polar surface area (TPSA) is 50.8 Å². The van der Waals surface area contributed by atoms with Crippen molar-refractivity contribution in [1.29, 1.82) is 0 Å². The summed E-state index contributed by atoms with van der Waals surface area (Å²) in [4.78, 5) is 20.2. The van der Waals surface area contributed by atoms with Crippen LogP contribution in [0.25, 0.3) is 10.2 Å². The second-order valence-electron chi connectivity index (χ2n) is 5.85. The van der Waals surface area contributed by atoms with Crippen molar-refractivity contribution in [3.8, 4) is 0 Å². The third-order valence-electron chi connectivity index (χ3n) is 3.61. The van der Waals surface area contributed by atoms with Gasteiger partial charge >= 0.3 is 0 Å². The van der Waals surface area contributed by atoms with Crippen LogP contribution < -0.4 is 9.80 Å². The van der Waals surface area contributed by atoms with Crippen molar-refractivity contribution < 1.29 is 18.5 Å². The molecule has 0 aliphatic rings. The number of quaternary nitrogens is 1. The highest BCUT2D eigenvalue weighted by molar-refractivity contribution is 7.22. The fraction of sp³-hybridized carbons (Fsp3) is 0.294. The summed E-state index contributed by atoms with van der Waals surface area (Å²) in [6, 6.07) is 7.77. The van der Waals surface area contributed by atoms with Crippen LogP contribution in [-0.4, -0.2) is 38.1 Å². The van der Waals surface area contributed by atoms with Crippen LogP contribution in [0.1, 0.15) is 17.0 Å². The minimum atomic E-state index is -0.308. The van der Waals surface area contributed by atoms with Gasteiger partial charge in [0.1, 0.15) is 5.82 Å². The zero-order valence-corrected chi connectivity index (χ0v) is 14.4. The highest BCUT2D eigenvalue weighted by Gasteiger charge is 2.23. The lowest BCUT2D eigenvalue weighted by Crippen LogP contribution is -3.05. The third kappa shape index (κ3) is 3.63. The Morgan fingerprint density at radius 1 is 1.38 bits per heavy atom. The van der Waals surface area contributed by atoms with Crippen molar-refractivity contribution in [1.82, 2.24) is 4.98 Å². The number of hydrogen-bond acceptors (Lipinski definition) is 4. The smallest absolute Gasteiger partial charge is 0.295 e. The Bertz CT molecular complexity index is 830. The van der Waals surface area contributed by atoms with Crippen molar-refractivity contribution in [3.05, 3.63) is 48.2 Å².